The van der Waals surface area contributed by atoms with Crippen LogP contribution in [-0.2, 0) is 0 Å². The van der Waals surface area contributed by atoms with Crippen LogP contribution in [-0.4, -0.2) is 19.9 Å². The van der Waals surface area contributed by atoms with Crippen LogP contribution in [0.5, 0.6) is 11.5 Å². The monoisotopic (exact) mass is 270 g/mol. The summed E-state index contributed by atoms with van der Waals surface area (Å²) < 4.78 is 10.6. The standard InChI is InChI=1S/C16H18N2O2/c1-12(17-18-13-7-5-4-6-8-13)15-10-9-14(19-2)11-16(15)20-3/h4-11,18H,1-3H3/b17-12-. The minimum atomic E-state index is 0.737. The number of para-hydroxylation sites is 1. The first kappa shape index (κ1) is 13.9. The Kier molecular flexibility index (Phi) is 4.60. The normalized spacial score (nSPS) is 11.1. The number of nitrogens with one attached hydrogen (secondary N) is 1. The fraction of sp³-hybridized carbons (Fsp3) is 0.188. The molecule has 0 saturated heterocycles. The molecule has 4 heteroatoms. The number of anilines is 1. The Hall–Kier alpha value is -2.49. The van der Waals surface area contributed by atoms with Crippen molar-refractivity contribution in [1.29, 1.82) is 0 Å². The third-order valence-electron chi connectivity index (χ3n) is 2.92. The predicted octanol–water partition coefficient (Wildman–Crippen LogP) is 3.54. The summed E-state index contributed by atoms with van der Waals surface area (Å²) >= 11 is 0. The number of hydrazone groups is 1. The maximum atomic E-state index is 5.37. The largest absolute Gasteiger partial charge is 0.497 e. The van der Waals surface area contributed by atoms with Crippen LogP contribution in [0.3, 0.4) is 0 Å². The lowest BCUT2D eigenvalue weighted by molar-refractivity contribution is 0.394. The highest BCUT2D eigenvalue weighted by Crippen LogP contribution is 2.25. The molecule has 0 heterocycles. The lowest BCUT2D eigenvalue weighted by Crippen LogP contribution is -2.02. The SMILES string of the molecule is COc1ccc(/C(C)=N\Nc2ccccc2)c(OC)c1. The van der Waals surface area contributed by atoms with Crippen molar-refractivity contribution < 1.29 is 9.47 Å². The second-order valence-corrected chi connectivity index (χ2v) is 4.24. The number of benzene rings is 2. The molecule has 0 fully saturated rings. The molecular weight excluding hydrogens is 252 g/mol. The molecule has 20 heavy (non-hydrogen) atoms. The molecule has 0 bridgehead atoms. The van der Waals surface area contributed by atoms with Gasteiger partial charge in [-0.3, -0.25) is 5.43 Å². The number of hydrogen-bond donors (Lipinski definition) is 1. The van der Waals surface area contributed by atoms with Crippen molar-refractivity contribution in [1.82, 2.24) is 0 Å². The fourth-order valence-corrected chi connectivity index (χ4v) is 1.82. The molecule has 2 aromatic carbocycles. The van der Waals surface area contributed by atoms with Gasteiger partial charge >= 0.3 is 0 Å². The summed E-state index contributed by atoms with van der Waals surface area (Å²) in [6.45, 7) is 1.93. The van der Waals surface area contributed by atoms with E-state index in [-0.39, 0.29) is 0 Å². The van der Waals surface area contributed by atoms with Crippen molar-refractivity contribution in [3.05, 3.63) is 54.1 Å². The van der Waals surface area contributed by atoms with E-state index < -0.39 is 0 Å². The zero-order valence-corrected chi connectivity index (χ0v) is 11.9. The second kappa shape index (κ2) is 6.61. The second-order valence-electron chi connectivity index (χ2n) is 4.24. The van der Waals surface area contributed by atoms with E-state index in [9.17, 15) is 0 Å². The zero-order valence-electron chi connectivity index (χ0n) is 11.9. The van der Waals surface area contributed by atoms with Gasteiger partial charge in [-0.2, -0.15) is 5.10 Å². The van der Waals surface area contributed by atoms with E-state index in [1.807, 2.05) is 55.5 Å². The zero-order chi connectivity index (χ0) is 14.4. The van der Waals surface area contributed by atoms with Gasteiger partial charge in [-0.25, -0.2) is 0 Å². The van der Waals surface area contributed by atoms with Gasteiger partial charge in [0.15, 0.2) is 0 Å². The van der Waals surface area contributed by atoms with Gasteiger partial charge in [0.05, 0.1) is 25.6 Å². The fourth-order valence-electron chi connectivity index (χ4n) is 1.82. The number of nitrogens with zero attached hydrogens (tertiary/aromatic N) is 1. The third kappa shape index (κ3) is 3.29. The van der Waals surface area contributed by atoms with E-state index in [1.165, 1.54) is 0 Å². The summed E-state index contributed by atoms with van der Waals surface area (Å²) in [6.07, 6.45) is 0. The molecule has 0 radical (unpaired) electrons. The Morgan fingerprint density at radius 1 is 1.00 bits per heavy atom. The minimum Gasteiger partial charge on any atom is -0.497 e. The van der Waals surface area contributed by atoms with Gasteiger partial charge in [-0.1, -0.05) is 18.2 Å². The molecule has 0 aliphatic heterocycles. The number of rotatable bonds is 5. The summed E-state index contributed by atoms with van der Waals surface area (Å²) in [5.41, 5.74) is 5.74. The number of hydrogen-bond acceptors (Lipinski definition) is 4. The van der Waals surface area contributed by atoms with Crippen molar-refractivity contribution in [3.63, 3.8) is 0 Å². The molecule has 1 N–H and O–H groups in total. The summed E-state index contributed by atoms with van der Waals surface area (Å²) in [5, 5.41) is 4.37. The van der Waals surface area contributed by atoms with Gasteiger partial charge in [-0.15, -0.1) is 0 Å². The summed E-state index contributed by atoms with van der Waals surface area (Å²) in [6, 6.07) is 15.5. The topological polar surface area (TPSA) is 42.8 Å². The maximum absolute atomic E-state index is 5.37. The molecule has 2 rings (SSSR count). The average molecular weight is 270 g/mol. The molecule has 0 aliphatic rings. The first-order chi connectivity index (χ1) is 9.74. The third-order valence-corrected chi connectivity index (χ3v) is 2.92. The Morgan fingerprint density at radius 2 is 1.75 bits per heavy atom. The van der Waals surface area contributed by atoms with Crippen molar-refractivity contribution in [3.8, 4) is 11.5 Å². The lowest BCUT2D eigenvalue weighted by atomic mass is 10.1. The van der Waals surface area contributed by atoms with E-state index >= 15 is 0 Å². The van der Waals surface area contributed by atoms with E-state index in [0.29, 0.717) is 0 Å². The van der Waals surface area contributed by atoms with Crippen LogP contribution in [0.2, 0.25) is 0 Å². The molecule has 4 nitrogen and oxygen atoms in total. The van der Waals surface area contributed by atoms with Crippen LogP contribution in [0.4, 0.5) is 5.69 Å². The predicted molar refractivity (Wildman–Crippen MR) is 81.8 cm³/mol. The molecule has 0 spiro atoms. The first-order valence-electron chi connectivity index (χ1n) is 6.32. The summed E-state index contributed by atoms with van der Waals surface area (Å²) in [5.74, 6) is 1.50. The molecule has 104 valence electrons. The van der Waals surface area contributed by atoms with Crippen LogP contribution in [0.15, 0.2) is 53.6 Å². The smallest absolute Gasteiger partial charge is 0.131 e. The quantitative estimate of drug-likeness (QED) is 0.667. The number of ether oxygens (including phenoxy) is 2. The highest BCUT2D eigenvalue weighted by molar-refractivity contribution is 6.01. The van der Waals surface area contributed by atoms with Gasteiger partial charge in [0.1, 0.15) is 11.5 Å². The van der Waals surface area contributed by atoms with Crippen molar-refractivity contribution in [2.75, 3.05) is 19.6 Å². The highest BCUT2D eigenvalue weighted by atomic mass is 16.5. The maximum Gasteiger partial charge on any atom is 0.131 e. The van der Waals surface area contributed by atoms with Crippen LogP contribution in [0, 0.1) is 0 Å². The van der Waals surface area contributed by atoms with E-state index in [1.54, 1.807) is 14.2 Å². The van der Waals surface area contributed by atoms with E-state index in [2.05, 4.69) is 10.5 Å². The Bertz CT molecular complexity index is 595. The Morgan fingerprint density at radius 3 is 2.40 bits per heavy atom. The molecule has 0 saturated carbocycles. The van der Waals surface area contributed by atoms with E-state index in [0.717, 1.165) is 28.5 Å². The Labute approximate surface area is 119 Å². The molecule has 0 aromatic heterocycles. The summed E-state index contributed by atoms with van der Waals surface area (Å²) in [4.78, 5) is 0. The molecule has 2 aromatic rings. The van der Waals surface area contributed by atoms with Gasteiger partial charge in [-0.05, 0) is 31.2 Å². The summed E-state index contributed by atoms with van der Waals surface area (Å²) in [7, 11) is 3.27. The number of methoxy groups -OCH3 is 2. The van der Waals surface area contributed by atoms with Gasteiger partial charge in [0, 0.05) is 11.6 Å². The molecule has 0 unspecified atom stereocenters. The minimum absolute atomic E-state index is 0.737. The van der Waals surface area contributed by atoms with Gasteiger partial charge < -0.3 is 9.47 Å². The van der Waals surface area contributed by atoms with E-state index in [4.69, 9.17) is 9.47 Å². The average Bonchev–Trinajstić information content (AvgIpc) is 2.52. The lowest BCUT2D eigenvalue weighted by Gasteiger charge is -2.10. The molecular formula is C16H18N2O2. The van der Waals surface area contributed by atoms with Crippen molar-refractivity contribution in [2.45, 2.75) is 6.92 Å². The van der Waals surface area contributed by atoms with Crippen molar-refractivity contribution >= 4 is 11.4 Å². The molecule has 0 atom stereocenters. The molecule has 0 aliphatic carbocycles. The van der Waals surface area contributed by atoms with Gasteiger partial charge in [0.2, 0.25) is 0 Å². The van der Waals surface area contributed by atoms with Crippen LogP contribution >= 0.6 is 0 Å². The Balaban J connectivity index is 2.22. The molecule has 0 amide bonds. The van der Waals surface area contributed by atoms with Gasteiger partial charge in [0.25, 0.3) is 0 Å². The van der Waals surface area contributed by atoms with Crippen LogP contribution in [0.25, 0.3) is 0 Å². The van der Waals surface area contributed by atoms with Crippen molar-refractivity contribution in [2.24, 2.45) is 5.10 Å². The highest BCUT2D eigenvalue weighted by Gasteiger charge is 2.07. The first-order valence-corrected chi connectivity index (χ1v) is 6.32. The van der Waals surface area contributed by atoms with Crippen LogP contribution in [0.1, 0.15) is 12.5 Å². The van der Waals surface area contributed by atoms with Crippen LogP contribution < -0.4 is 14.9 Å².